The Bertz CT molecular complexity index is 1260. The van der Waals surface area contributed by atoms with Gasteiger partial charge < -0.3 is 9.88 Å². The normalized spacial score (nSPS) is 11.1. The Morgan fingerprint density at radius 3 is 2.45 bits per heavy atom. The summed E-state index contributed by atoms with van der Waals surface area (Å²) in [6.45, 7) is 0. The van der Waals surface area contributed by atoms with Crippen LogP contribution in [0.2, 0.25) is 0 Å². The number of aromatic nitrogens is 3. The standard InChI is InChI=1S/C23H17FN4S/c1-28(20-3-2-14-29-20)19-9-8-18-21(15-10-12-25-13-11-15)22(27-23(18)26-19)16-4-6-17(24)7-5-16/h2-14H,1H3,(H,26,27). The monoisotopic (exact) mass is 400 g/mol. The van der Waals surface area contributed by atoms with Crippen LogP contribution in [-0.4, -0.2) is 22.0 Å². The molecular formula is C23H17FN4S. The van der Waals surface area contributed by atoms with Crippen LogP contribution in [0.4, 0.5) is 15.2 Å². The summed E-state index contributed by atoms with van der Waals surface area (Å²) in [5, 5.41) is 4.18. The lowest BCUT2D eigenvalue weighted by Crippen LogP contribution is -2.09. The molecule has 0 saturated heterocycles. The summed E-state index contributed by atoms with van der Waals surface area (Å²) in [5.74, 6) is 0.599. The number of hydrogen-bond donors (Lipinski definition) is 1. The van der Waals surface area contributed by atoms with E-state index in [1.165, 1.54) is 12.1 Å². The van der Waals surface area contributed by atoms with Crippen molar-refractivity contribution in [1.82, 2.24) is 15.0 Å². The number of fused-ring (bicyclic) bond motifs is 1. The van der Waals surface area contributed by atoms with Gasteiger partial charge in [0.15, 0.2) is 0 Å². The minimum Gasteiger partial charge on any atom is -0.339 e. The van der Waals surface area contributed by atoms with Crippen molar-refractivity contribution in [2.24, 2.45) is 0 Å². The molecule has 4 heterocycles. The van der Waals surface area contributed by atoms with Crippen molar-refractivity contribution in [3.63, 3.8) is 0 Å². The number of hydrogen-bond acceptors (Lipinski definition) is 4. The number of rotatable bonds is 4. The number of anilines is 2. The lowest BCUT2D eigenvalue weighted by Gasteiger charge is -2.15. The second-order valence-electron chi connectivity index (χ2n) is 6.69. The average molecular weight is 400 g/mol. The fraction of sp³-hybridized carbons (Fsp3) is 0.0435. The number of nitrogens with zero attached hydrogens (tertiary/aromatic N) is 3. The van der Waals surface area contributed by atoms with Crippen LogP contribution in [0.25, 0.3) is 33.4 Å². The minimum absolute atomic E-state index is 0.256. The number of pyridine rings is 2. The second-order valence-corrected chi connectivity index (χ2v) is 7.62. The maximum atomic E-state index is 13.5. The highest BCUT2D eigenvalue weighted by molar-refractivity contribution is 7.14. The van der Waals surface area contributed by atoms with Gasteiger partial charge in [-0.3, -0.25) is 4.98 Å². The van der Waals surface area contributed by atoms with Crippen LogP contribution in [0, 0.1) is 5.82 Å². The van der Waals surface area contributed by atoms with Gasteiger partial charge in [-0.1, -0.05) is 0 Å². The highest BCUT2D eigenvalue weighted by Gasteiger charge is 2.17. The molecule has 0 unspecified atom stereocenters. The van der Waals surface area contributed by atoms with Gasteiger partial charge in [0.05, 0.1) is 10.7 Å². The Hall–Kier alpha value is -3.51. The molecule has 0 saturated carbocycles. The first-order valence-corrected chi connectivity index (χ1v) is 10.0. The SMILES string of the molecule is CN(c1ccc2c(-c3ccncc3)c(-c3ccc(F)cc3)[nH]c2n1)c1cccs1. The number of aromatic amines is 1. The first-order valence-electron chi connectivity index (χ1n) is 9.17. The summed E-state index contributed by atoms with van der Waals surface area (Å²) in [7, 11) is 2.01. The van der Waals surface area contributed by atoms with Crippen LogP contribution in [0.1, 0.15) is 0 Å². The Balaban J connectivity index is 1.71. The molecule has 0 radical (unpaired) electrons. The van der Waals surface area contributed by atoms with E-state index in [9.17, 15) is 4.39 Å². The van der Waals surface area contributed by atoms with Crippen molar-refractivity contribution in [2.45, 2.75) is 0 Å². The van der Waals surface area contributed by atoms with Gasteiger partial charge >= 0.3 is 0 Å². The maximum Gasteiger partial charge on any atom is 0.140 e. The first-order chi connectivity index (χ1) is 14.2. The van der Waals surface area contributed by atoms with Crippen LogP contribution >= 0.6 is 11.3 Å². The molecule has 4 nitrogen and oxygen atoms in total. The van der Waals surface area contributed by atoms with Gasteiger partial charge in [0, 0.05) is 30.4 Å². The molecule has 0 aliphatic carbocycles. The Morgan fingerprint density at radius 2 is 1.72 bits per heavy atom. The van der Waals surface area contributed by atoms with Crippen molar-refractivity contribution in [3.05, 3.63) is 84.3 Å². The quantitative estimate of drug-likeness (QED) is 0.387. The molecule has 0 spiro atoms. The van der Waals surface area contributed by atoms with Gasteiger partial charge in [-0.05, 0) is 77.2 Å². The van der Waals surface area contributed by atoms with Crippen LogP contribution in [-0.2, 0) is 0 Å². The van der Waals surface area contributed by atoms with E-state index in [1.54, 1.807) is 35.9 Å². The van der Waals surface area contributed by atoms with E-state index < -0.39 is 0 Å². The molecule has 0 aliphatic heterocycles. The third kappa shape index (κ3) is 3.17. The van der Waals surface area contributed by atoms with Crippen LogP contribution < -0.4 is 4.90 Å². The van der Waals surface area contributed by atoms with E-state index in [1.807, 2.05) is 36.7 Å². The largest absolute Gasteiger partial charge is 0.339 e. The van der Waals surface area contributed by atoms with E-state index in [-0.39, 0.29) is 5.82 Å². The Labute approximate surface area is 171 Å². The molecule has 5 rings (SSSR count). The van der Waals surface area contributed by atoms with Gasteiger partial charge in [0.25, 0.3) is 0 Å². The molecule has 29 heavy (non-hydrogen) atoms. The Morgan fingerprint density at radius 1 is 0.931 bits per heavy atom. The number of halogens is 1. The fourth-order valence-electron chi connectivity index (χ4n) is 3.47. The summed E-state index contributed by atoms with van der Waals surface area (Å²) in [6, 6.07) is 18.7. The molecule has 0 aliphatic rings. The van der Waals surface area contributed by atoms with Gasteiger partial charge in [0.2, 0.25) is 0 Å². The molecule has 5 aromatic rings. The lowest BCUT2D eigenvalue weighted by atomic mass is 10.00. The maximum absolute atomic E-state index is 13.5. The molecule has 1 N–H and O–H groups in total. The van der Waals surface area contributed by atoms with E-state index in [2.05, 4.69) is 27.0 Å². The van der Waals surface area contributed by atoms with Crippen molar-refractivity contribution in [3.8, 4) is 22.4 Å². The van der Waals surface area contributed by atoms with Crippen molar-refractivity contribution in [1.29, 1.82) is 0 Å². The highest BCUT2D eigenvalue weighted by Crippen LogP contribution is 2.38. The Kier molecular flexibility index (Phi) is 4.33. The van der Waals surface area contributed by atoms with E-state index in [0.29, 0.717) is 0 Å². The average Bonchev–Trinajstić information content (AvgIpc) is 3.42. The number of benzene rings is 1. The topological polar surface area (TPSA) is 44.8 Å². The highest BCUT2D eigenvalue weighted by atomic mass is 32.1. The number of H-pyrrole nitrogens is 1. The van der Waals surface area contributed by atoms with Gasteiger partial charge in [-0.25, -0.2) is 9.37 Å². The van der Waals surface area contributed by atoms with Crippen molar-refractivity contribution < 1.29 is 4.39 Å². The summed E-state index contributed by atoms with van der Waals surface area (Å²) < 4.78 is 13.5. The van der Waals surface area contributed by atoms with Crippen LogP contribution in [0.5, 0.6) is 0 Å². The number of thiophene rings is 1. The zero-order valence-corrected chi connectivity index (χ0v) is 16.4. The molecule has 4 aromatic heterocycles. The zero-order valence-electron chi connectivity index (χ0n) is 15.6. The third-order valence-corrected chi connectivity index (χ3v) is 5.87. The fourth-order valence-corrected chi connectivity index (χ4v) is 4.18. The summed E-state index contributed by atoms with van der Waals surface area (Å²) in [4.78, 5) is 14.5. The van der Waals surface area contributed by atoms with Gasteiger partial charge in [-0.2, -0.15) is 0 Å². The smallest absolute Gasteiger partial charge is 0.140 e. The molecular weight excluding hydrogens is 383 g/mol. The molecule has 0 fully saturated rings. The first kappa shape index (κ1) is 17.6. The van der Waals surface area contributed by atoms with Crippen molar-refractivity contribution in [2.75, 3.05) is 11.9 Å². The van der Waals surface area contributed by atoms with Crippen molar-refractivity contribution >= 4 is 33.2 Å². The third-order valence-electron chi connectivity index (χ3n) is 4.93. The van der Waals surface area contributed by atoms with Crippen LogP contribution in [0.15, 0.2) is 78.4 Å². The second kappa shape index (κ2) is 7.14. The lowest BCUT2D eigenvalue weighted by molar-refractivity contribution is 0.628. The molecule has 1 aromatic carbocycles. The predicted octanol–water partition coefficient (Wildman–Crippen LogP) is 6.26. The summed E-state index contributed by atoms with van der Waals surface area (Å²) >= 11 is 1.67. The predicted molar refractivity (Wildman–Crippen MR) is 117 cm³/mol. The minimum atomic E-state index is -0.256. The molecule has 142 valence electrons. The van der Waals surface area contributed by atoms with E-state index in [4.69, 9.17) is 4.98 Å². The summed E-state index contributed by atoms with van der Waals surface area (Å²) in [6.07, 6.45) is 3.55. The summed E-state index contributed by atoms with van der Waals surface area (Å²) in [5.41, 5.74) is 4.68. The number of nitrogens with one attached hydrogen (secondary N) is 1. The molecule has 0 atom stereocenters. The molecule has 6 heteroatoms. The molecule has 0 bridgehead atoms. The van der Waals surface area contributed by atoms with E-state index in [0.717, 1.165) is 44.2 Å². The van der Waals surface area contributed by atoms with Gasteiger partial charge in [-0.15, -0.1) is 11.3 Å². The van der Waals surface area contributed by atoms with E-state index >= 15 is 0 Å². The van der Waals surface area contributed by atoms with Crippen LogP contribution in [0.3, 0.4) is 0 Å². The zero-order chi connectivity index (χ0) is 19.8. The van der Waals surface area contributed by atoms with Gasteiger partial charge in [0.1, 0.15) is 17.3 Å². The molecule has 0 amide bonds.